The summed E-state index contributed by atoms with van der Waals surface area (Å²) < 4.78 is 56.4. The van der Waals surface area contributed by atoms with E-state index in [9.17, 15) is 42.4 Å². The fourth-order valence-corrected chi connectivity index (χ4v) is 6.11. The number of nitrogens with one attached hydrogen (secondary N) is 1. The number of amides is 1. The zero-order valence-electron chi connectivity index (χ0n) is 25.2. The quantitative estimate of drug-likeness (QED) is 0.146. The van der Waals surface area contributed by atoms with E-state index in [1.165, 1.54) is 6.08 Å². The second-order valence-electron chi connectivity index (χ2n) is 10.9. The van der Waals surface area contributed by atoms with Gasteiger partial charge in [0.25, 0.3) is 21.6 Å². The summed E-state index contributed by atoms with van der Waals surface area (Å²) in [6, 6.07) is 12.2. The van der Waals surface area contributed by atoms with Crippen molar-refractivity contribution in [1.29, 1.82) is 0 Å². The molecular formula is C30H26N4O13S2. The van der Waals surface area contributed by atoms with E-state index in [1.807, 2.05) is 0 Å². The largest absolute Gasteiger partial charge is 0.480 e. The van der Waals surface area contributed by atoms with E-state index in [-0.39, 0.29) is 37.2 Å². The van der Waals surface area contributed by atoms with Crippen molar-refractivity contribution in [2.24, 2.45) is 0 Å². The van der Waals surface area contributed by atoms with Crippen molar-refractivity contribution in [1.82, 2.24) is 14.8 Å². The lowest BCUT2D eigenvalue weighted by molar-refractivity contribution is -0.140. The van der Waals surface area contributed by atoms with Crippen molar-refractivity contribution < 1.29 is 56.2 Å². The summed E-state index contributed by atoms with van der Waals surface area (Å²) in [5.41, 5.74) is -0.757. The van der Waals surface area contributed by atoms with Crippen LogP contribution in [0.5, 0.6) is 17.2 Å². The van der Waals surface area contributed by atoms with E-state index in [1.54, 1.807) is 47.4 Å². The van der Waals surface area contributed by atoms with Crippen LogP contribution in [-0.4, -0.2) is 81.2 Å². The van der Waals surface area contributed by atoms with Crippen LogP contribution in [0.4, 0.5) is 5.69 Å². The van der Waals surface area contributed by atoms with Crippen molar-refractivity contribution in [3.05, 3.63) is 80.8 Å². The monoisotopic (exact) mass is 714 g/mol. The molecular weight excluding hydrogens is 688 g/mol. The summed E-state index contributed by atoms with van der Waals surface area (Å²) >= 11 is 5.09. The molecule has 3 aliphatic heterocycles. The van der Waals surface area contributed by atoms with Crippen molar-refractivity contribution in [3.63, 3.8) is 0 Å². The summed E-state index contributed by atoms with van der Waals surface area (Å²) in [5.74, 6) is -3.04. The van der Waals surface area contributed by atoms with E-state index in [0.29, 0.717) is 33.1 Å². The third kappa shape index (κ3) is 6.98. The third-order valence-corrected chi connectivity index (χ3v) is 8.57. The molecule has 0 unspecified atom stereocenters. The molecule has 1 saturated heterocycles. The molecule has 3 aliphatic rings. The van der Waals surface area contributed by atoms with Crippen molar-refractivity contribution in [2.45, 2.75) is 19.4 Å². The Hall–Kier alpha value is -5.66. The van der Waals surface area contributed by atoms with E-state index in [2.05, 4.69) is 5.32 Å². The Balaban J connectivity index is 1.55. The van der Waals surface area contributed by atoms with E-state index >= 15 is 0 Å². The van der Waals surface area contributed by atoms with Crippen LogP contribution in [0, 0.1) is 0 Å². The highest BCUT2D eigenvalue weighted by Gasteiger charge is 2.36. The molecule has 17 nitrogen and oxygen atoms in total. The first-order valence-electron chi connectivity index (χ1n) is 14.4. The first-order valence-corrected chi connectivity index (χ1v) is 16.4. The number of thiocarbonyl (C=S) groups is 1. The molecule has 49 heavy (non-hydrogen) atoms. The predicted molar refractivity (Wildman–Crippen MR) is 172 cm³/mol. The molecule has 3 aromatic rings. The first-order chi connectivity index (χ1) is 23.3. The van der Waals surface area contributed by atoms with Gasteiger partial charge < -0.3 is 39.1 Å². The third-order valence-electron chi connectivity index (χ3n) is 7.44. The molecule has 1 amide bonds. The minimum Gasteiger partial charge on any atom is -0.480 e. The number of carbonyl (C=O) groups is 3. The Morgan fingerprint density at radius 3 is 2.35 bits per heavy atom. The molecule has 0 bridgehead atoms. The van der Waals surface area contributed by atoms with Crippen LogP contribution in [0.25, 0.3) is 11.8 Å². The molecule has 0 aliphatic carbocycles. The number of ether oxygens (including phenoxy) is 3. The van der Waals surface area contributed by atoms with Gasteiger partial charge in [0.15, 0.2) is 33.5 Å². The number of carbonyl (C=O) groups excluding carboxylic acids is 1. The van der Waals surface area contributed by atoms with Gasteiger partial charge in [-0.15, -0.1) is 0 Å². The van der Waals surface area contributed by atoms with Crippen LogP contribution in [0.3, 0.4) is 0 Å². The van der Waals surface area contributed by atoms with Gasteiger partial charge in [0.1, 0.15) is 13.1 Å². The molecule has 1 aromatic heterocycles. The lowest BCUT2D eigenvalue weighted by Crippen LogP contribution is -2.37. The number of aromatic nitrogens is 1. The van der Waals surface area contributed by atoms with Gasteiger partial charge in [0, 0.05) is 30.7 Å². The maximum atomic E-state index is 13.7. The maximum absolute atomic E-state index is 13.7. The smallest absolute Gasteiger partial charge is 0.323 e. The summed E-state index contributed by atoms with van der Waals surface area (Å²) in [4.78, 5) is 52.3. The van der Waals surface area contributed by atoms with Crippen LogP contribution >= 0.6 is 12.2 Å². The number of carboxylic acid groups (broad SMARTS) is 2. The molecule has 0 radical (unpaired) electrons. The van der Waals surface area contributed by atoms with Crippen molar-refractivity contribution in [2.75, 3.05) is 30.5 Å². The number of rotatable bonds is 11. The normalized spacial score (nSPS) is 17.7. The summed E-state index contributed by atoms with van der Waals surface area (Å²) in [7, 11) is -4.31. The van der Waals surface area contributed by atoms with Gasteiger partial charge in [-0.2, -0.15) is 8.42 Å². The SMILES string of the molecule is O=C(O)CN1C(=O)C(=c2oc(=CC(Cc3ccccc3)=C3Oc4cc5c(cc4N3CCCS(=O)(=O)O)OCO5)c(=O)n2CC(=O)O)NC1=S. The number of allylic oxidation sites excluding steroid dienone is 1. The van der Waals surface area contributed by atoms with Crippen LogP contribution < -0.4 is 40.9 Å². The van der Waals surface area contributed by atoms with Gasteiger partial charge in [-0.1, -0.05) is 30.3 Å². The topological polar surface area (TPSA) is 227 Å². The molecule has 19 heteroatoms. The zero-order chi connectivity index (χ0) is 35.0. The molecule has 6 rings (SSSR count). The second kappa shape index (κ2) is 13.1. The number of hydrogen-bond donors (Lipinski definition) is 4. The van der Waals surface area contributed by atoms with Gasteiger partial charge in [-0.25, -0.2) is 0 Å². The number of aliphatic carboxylic acids is 2. The number of oxazole rings is 1. The molecule has 256 valence electrons. The lowest BCUT2D eigenvalue weighted by atomic mass is 10.0. The predicted octanol–water partition coefficient (Wildman–Crippen LogP) is -0.424. The van der Waals surface area contributed by atoms with Crippen LogP contribution in [0.15, 0.2) is 63.1 Å². The minimum atomic E-state index is -4.31. The fourth-order valence-electron chi connectivity index (χ4n) is 5.37. The highest BCUT2D eigenvalue weighted by molar-refractivity contribution is 7.85. The number of fused-ring (bicyclic) bond motifs is 2. The maximum Gasteiger partial charge on any atom is 0.323 e. The standard InChI is InChI=1S/C30H26N4O13S2/c35-23(36)13-33-26(39)22(47-29(33)25-27(40)34(14-24(37)38)30(48)31-25)10-17(9-16-5-2-1-3-6-16)28-32(7-4-8-49(41,42)43)18-11-20-21(45-15-44-20)12-19(18)46-28/h1-3,5-6,10-12H,4,7-9,13-15H2,(H,31,48)(H,35,36)(H,37,38)(H,41,42,43). The fraction of sp³-hybridized carbons (Fsp3) is 0.233. The molecule has 0 atom stereocenters. The Labute approximate surface area is 281 Å². The molecule has 4 heterocycles. The number of nitrogens with zero attached hydrogens (tertiary/aromatic N) is 3. The Bertz CT molecular complexity index is 2230. The number of carboxylic acids is 2. The van der Waals surface area contributed by atoms with Gasteiger partial charge in [0.2, 0.25) is 18.2 Å². The lowest BCUT2D eigenvalue weighted by Gasteiger charge is -2.20. The molecule has 2 aromatic carbocycles. The van der Waals surface area contributed by atoms with E-state index in [4.69, 9.17) is 30.8 Å². The van der Waals surface area contributed by atoms with Crippen LogP contribution in [0.1, 0.15) is 12.0 Å². The van der Waals surface area contributed by atoms with E-state index < -0.39 is 69.0 Å². The first kappa shape index (κ1) is 33.2. The van der Waals surface area contributed by atoms with Gasteiger partial charge >= 0.3 is 11.9 Å². The van der Waals surface area contributed by atoms with Gasteiger partial charge in [-0.3, -0.25) is 33.2 Å². The summed E-state index contributed by atoms with van der Waals surface area (Å²) in [6.45, 7) is -1.71. The summed E-state index contributed by atoms with van der Waals surface area (Å²) in [5, 5.41) is 21.0. The highest BCUT2D eigenvalue weighted by Crippen LogP contribution is 2.48. The highest BCUT2D eigenvalue weighted by atomic mass is 32.2. The van der Waals surface area contributed by atoms with Crippen LogP contribution in [-0.2, 0) is 37.5 Å². The number of benzene rings is 2. The molecule has 1 fully saturated rings. The Kier molecular flexibility index (Phi) is 8.88. The molecule has 0 spiro atoms. The molecule has 0 saturated carbocycles. The zero-order valence-corrected chi connectivity index (χ0v) is 26.8. The average molecular weight is 715 g/mol. The van der Waals surface area contributed by atoms with Gasteiger partial charge in [0.05, 0.1) is 11.4 Å². The van der Waals surface area contributed by atoms with E-state index in [0.717, 1.165) is 10.5 Å². The summed E-state index contributed by atoms with van der Waals surface area (Å²) in [6.07, 6.45) is 1.39. The number of hydrogen-bond acceptors (Lipinski definition) is 12. The van der Waals surface area contributed by atoms with Crippen LogP contribution in [0.2, 0.25) is 0 Å². The van der Waals surface area contributed by atoms with Crippen molar-refractivity contribution >= 4 is 62.8 Å². The second-order valence-corrected chi connectivity index (χ2v) is 12.8. The minimum absolute atomic E-state index is 0.0185. The average Bonchev–Trinajstić information content (AvgIpc) is 3.77. The Morgan fingerprint density at radius 2 is 1.67 bits per heavy atom. The van der Waals surface area contributed by atoms with Gasteiger partial charge in [-0.05, 0) is 30.3 Å². The Morgan fingerprint density at radius 1 is 0.980 bits per heavy atom. The molecule has 4 N–H and O–H groups in total. The van der Waals surface area contributed by atoms with Crippen molar-refractivity contribution in [3.8, 4) is 17.2 Å². The number of anilines is 1.